The summed E-state index contributed by atoms with van der Waals surface area (Å²) in [6.07, 6.45) is 5.08. The van der Waals surface area contributed by atoms with Crippen LogP contribution in [0.25, 0.3) is 0 Å². The number of hydrogen-bond donors (Lipinski definition) is 0. The van der Waals surface area contributed by atoms with Crippen molar-refractivity contribution >= 4 is 5.90 Å². The average molecular weight is 139 g/mol. The SMILES string of the molecule is C=CCCCC1=NCCO1. The molecule has 0 radical (unpaired) electrons. The second kappa shape index (κ2) is 4.09. The van der Waals surface area contributed by atoms with Gasteiger partial charge in [0.15, 0.2) is 5.90 Å². The van der Waals surface area contributed by atoms with Crippen molar-refractivity contribution in [2.75, 3.05) is 13.2 Å². The summed E-state index contributed by atoms with van der Waals surface area (Å²) < 4.78 is 5.22. The Labute approximate surface area is 61.6 Å². The van der Waals surface area contributed by atoms with E-state index in [9.17, 15) is 0 Å². The lowest BCUT2D eigenvalue weighted by molar-refractivity contribution is 0.337. The molecule has 1 aliphatic heterocycles. The molecule has 0 aliphatic carbocycles. The zero-order valence-corrected chi connectivity index (χ0v) is 6.18. The molecule has 0 saturated carbocycles. The van der Waals surface area contributed by atoms with Crippen LogP contribution in [-0.4, -0.2) is 19.0 Å². The molecule has 0 aromatic heterocycles. The number of aliphatic imine (C=N–C) groups is 1. The number of allylic oxidation sites excluding steroid dienone is 1. The fraction of sp³-hybridized carbons (Fsp3) is 0.625. The fourth-order valence-electron chi connectivity index (χ4n) is 0.928. The van der Waals surface area contributed by atoms with E-state index in [1.54, 1.807) is 0 Å². The summed E-state index contributed by atoms with van der Waals surface area (Å²) in [6, 6.07) is 0. The molecule has 0 fully saturated rings. The van der Waals surface area contributed by atoms with Gasteiger partial charge in [-0.25, -0.2) is 0 Å². The van der Waals surface area contributed by atoms with Gasteiger partial charge in [0.25, 0.3) is 0 Å². The summed E-state index contributed by atoms with van der Waals surface area (Å²) in [4.78, 5) is 4.17. The third-order valence-corrected chi connectivity index (χ3v) is 1.45. The van der Waals surface area contributed by atoms with E-state index in [4.69, 9.17) is 4.74 Å². The Hall–Kier alpha value is -0.790. The number of rotatable bonds is 4. The molecule has 56 valence electrons. The normalized spacial score (nSPS) is 16.2. The van der Waals surface area contributed by atoms with Crippen molar-refractivity contribution in [1.82, 2.24) is 0 Å². The fourth-order valence-corrected chi connectivity index (χ4v) is 0.928. The molecule has 0 unspecified atom stereocenters. The number of nitrogens with zero attached hydrogens (tertiary/aromatic N) is 1. The van der Waals surface area contributed by atoms with E-state index in [-0.39, 0.29) is 0 Å². The summed E-state index contributed by atoms with van der Waals surface area (Å²) >= 11 is 0. The van der Waals surface area contributed by atoms with Crippen molar-refractivity contribution in [2.24, 2.45) is 4.99 Å². The van der Waals surface area contributed by atoms with Crippen molar-refractivity contribution < 1.29 is 4.74 Å². The van der Waals surface area contributed by atoms with E-state index in [2.05, 4.69) is 11.6 Å². The van der Waals surface area contributed by atoms with E-state index in [1.807, 2.05) is 6.08 Å². The van der Waals surface area contributed by atoms with E-state index in [0.29, 0.717) is 0 Å². The van der Waals surface area contributed by atoms with Crippen LogP contribution in [0.1, 0.15) is 19.3 Å². The number of hydrogen-bond acceptors (Lipinski definition) is 2. The maximum absolute atomic E-state index is 5.22. The van der Waals surface area contributed by atoms with Crippen molar-refractivity contribution in [3.63, 3.8) is 0 Å². The van der Waals surface area contributed by atoms with Gasteiger partial charge in [-0.2, -0.15) is 0 Å². The van der Waals surface area contributed by atoms with Crippen LogP contribution in [-0.2, 0) is 4.74 Å². The van der Waals surface area contributed by atoms with Gasteiger partial charge in [0.1, 0.15) is 6.61 Å². The molecule has 2 nitrogen and oxygen atoms in total. The zero-order valence-electron chi connectivity index (χ0n) is 6.18. The van der Waals surface area contributed by atoms with Crippen LogP contribution in [0, 0.1) is 0 Å². The minimum atomic E-state index is 0.781. The third kappa shape index (κ3) is 2.21. The number of unbranched alkanes of at least 4 members (excludes halogenated alkanes) is 1. The molecule has 0 spiro atoms. The maximum Gasteiger partial charge on any atom is 0.183 e. The minimum absolute atomic E-state index is 0.781. The summed E-state index contributed by atoms with van der Waals surface area (Å²) in [5, 5.41) is 0. The van der Waals surface area contributed by atoms with Crippen LogP contribution >= 0.6 is 0 Å². The molecule has 0 N–H and O–H groups in total. The first-order valence-electron chi connectivity index (χ1n) is 3.70. The van der Waals surface area contributed by atoms with Crippen LogP contribution in [0.5, 0.6) is 0 Å². The summed E-state index contributed by atoms with van der Waals surface area (Å²) in [7, 11) is 0. The highest BCUT2D eigenvalue weighted by molar-refractivity contribution is 5.77. The van der Waals surface area contributed by atoms with Gasteiger partial charge in [0.2, 0.25) is 0 Å². The first kappa shape index (κ1) is 7.32. The first-order chi connectivity index (χ1) is 4.93. The predicted molar refractivity (Wildman–Crippen MR) is 42.3 cm³/mol. The van der Waals surface area contributed by atoms with E-state index >= 15 is 0 Å². The van der Waals surface area contributed by atoms with Gasteiger partial charge >= 0.3 is 0 Å². The van der Waals surface area contributed by atoms with Crippen LogP contribution < -0.4 is 0 Å². The van der Waals surface area contributed by atoms with E-state index < -0.39 is 0 Å². The van der Waals surface area contributed by atoms with E-state index in [1.165, 1.54) is 0 Å². The monoisotopic (exact) mass is 139 g/mol. The topological polar surface area (TPSA) is 21.6 Å². The van der Waals surface area contributed by atoms with Crippen molar-refractivity contribution in [3.8, 4) is 0 Å². The highest BCUT2D eigenvalue weighted by atomic mass is 16.5. The Morgan fingerprint density at radius 3 is 3.20 bits per heavy atom. The second-order valence-electron chi connectivity index (χ2n) is 2.30. The summed E-state index contributed by atoms with van der Waals surface area (Å²) in [6.45, 7) is 5.28. The Balaban J connectivity index is 2.06. The lowest BCUT2D eigenvalue weighted by atomic mass is 10.2. The van der Waals surface area contributed by atoms with Crippen molar-refractivity contribution in [1.29, 1.82) is 0 Å². The lowest BCUT2D eigenvalue weighted by Gasteiger charge is -1.97. The van der Waals surface area contributed by atoms with Gasteiger partial charge in [-0.1, -0.05) is 6.08 Å². The zero-order chi connectivity index (χ0) is 7.23. The van der Waals surface area contributed by atoms with Gasteiger partial charge < -0.3 is 4.74 Å². The molecule has 0 aromatic rings. The minimum Gasteiger partial charge on any atom is -0.479 e. The first-order valence-corrected chi connectivity index (χ1v) is 3.70. The van der Waals surface area contributed by atoms with Crippen LogP contribution in [0.4, 0.5) is 0 Å². The van der Waals surface area contributed by atoms with Gasteiger partial charge in [-0.15, -0.1) is 6.58 Å². The Morgan fingerprint density at radius 1 is 1.70 bits per heavy atom. The molecular weight excluding hydrogens is 126 g/mol. The molecule has 0 saturated heterocycles. The van der Waals surface area contributed by atoms with Gasteiger partial charge in [-0.3, -0.25) is 4.99 Å². The molecule has 0 bridgehead atoms. The number of ether oxygens (including phenoxy) is 1. The van der Waals surface area contributed by atoms with Gasteiger partial charge in [-0.05, 0) is 12.8 Å². The van der Waals surface area contributed by atoms with E-state index in [0.717, 1.165) is 38.3 Å². The Bertz CT molecular complexity index is 140. The van der Waals surface area contributed by atoms with Crippen molar-refractivity contribution in [3.05, 3.63) is 12.7 Å². The van der Waals surface area contributed by atoms with Gasteiger partial charge in [0, 0.05) is 6.42 Å². The molecule has 0 atom stereocenters. The molecule has 0 amide bonds. The average Bonchev–Trinajstić information content (AvgIpc) is 2.41. The quantitative estimate of drug-likeness (QED) is 0.429. The molecule has 0 aromatic carbocycles. The largest absolute Gasteiger partial charge is 0.479 e. The second-order valence-corrected chi connectivity index (χ2v) is 2.30. The lowest BCUT2D eigenvalue weighted by Crippen LogP contribution is -1.97. The highest BCUT2D eigenvalue weighted by Gasteiger charge is 2.04. The molecule has 1 aliphatic rings. The summed E-state index contributed by atoms with van der Waals surface area (Å²) in [5.74, 6) is 0.932. The molecule has 1 rings (SSSR count). The summed E-state index contributed by atoms with van der Waals surface area (Å²) in [5.41, 5.74) is 0. The third-order valence-electron chi connectivity index (χ3n) is 1.45. The van der Waals surface area contributed by atoms with Crippen LogP contribution in [0.15, 0.2) is 17.6 Å². The molecule has 2 heteroatoms. The highest BCUT2D eigenvalue weighted by Crippen LogP contribution is 2.03. The predicted octanol–water partition coefficient (Wildman–Crippen LogP) is 1.77. The van der Waals surface area contributed by atoms with Crippen LogP contribution in [0.2, 0.25) is 0 Å². The maximum atomic E-state index is 5.22. The molecule has 1 heterocycles. The van der Waals surface area contributed by atoms with Crippen LogP contribution in [0.3, 0.4) is 0 Å². The Morgan fingerprint density at radius 2 is 2.60 bits per heavy atom. The molecular formula is C8H13NO. The standard InChI is InChI=1S/C8H13NO/c1-2-3-4-5-8-9-6-7-10-8/h2H,1,3-7H2. The van der Waals surface area contributed by atoms with Crippen molar-refractivity contribution in [2.45, 2.75) is 19.3 Å². The smallest absolute Gasteiger partial charge is 0.183 e. The van der Waals surface area contributed by atoms with Gasteiger partial charge in [0.05, 0.1) is 6.54 Å². The molecule has 10 heavy (non-hydrogen) atoms. The Kier molecular flexibility index (Phi) is 3.00.